The van der Waals surface area contributed by atoms with Crippen molar-refractivity contribution in [2.45, 2.75) is 6.92 Å². The van der Waals surface area contributed by atoms with Crippen molar-refractivity contribution < 1.29 is 4.79 Å². The van der Waals surface area contributed by atoms with Gasteiger partial charge in [-0.15, -0.1) is 0 Å². The summed E-state index contributed by atoms with van der Waals surface area (Å²) in [5, 5.41) is 4.15. The van der Waals surface area contributed by atoms with Gasteiger partial charge in [-0.3, -0.25) is 10.2 Å². The van der Waals surface area contributed by atoms with Gasteiger partial charge in [-0.25, -0.2) is 10.5 Å². The molecule has 2 rings (SSSR count). The van der Waals surface area contributed by atoms with Crippen LogP contribution >= 0.6 is 0 Å². The van der Waals surface area contributed by atoms with E-state index in [9.17, 15) is 4.79 Å². The van der Waals surface area contributed by atoms with Crippen LogP contribution < -0.4 is 17.0 Å². The molecule has 0 aliphatic rings. The van der Waals surface area contributed by atoms with Crippen molar-refractivity contribution in [1.29, 1.82) is 0 Å². The van der Waals surface area contributed by atoms with Crippen molar-refractivity contribution in [3.8, 4) is 5.69 Å². The Morgan fingerprint density at radius 3 is 2.59 bits per heavy atom. The molecule has 2 aromatic rings. The van der Waals surface area contributed by atoms with Crippen molar-refractivity contribution in [3.05, 3.63) is 41.6 Å². The molecule has 17 heavy (non-hydrogen) atoms. The van der Waals surface area contributed by atoms with Gasteiger partial charge in [0.15, 0.2) is 5.69 Å². The minimum absolute atomic E-state index is 0.230. The maximum Gasteiger partial charge on any atom is 0.286 e. The normalized spacial score (nSPS) is 10.2. The van der Waals surface area contributed by atoms with Gasteiger partial charge in [-0.2, -0.15) is 5.10 Å². The van der Waals surface area contributed by atoms with Gasteiger partial charge < -0.3 is 5.73 Å². The highest BCUT2D eigenvalue weighted by Gasteiger charge is 2.18. The molecule has 5 N–H and O–H groups in total. The number of nitrogens with one attached hydrogen (secondary N) is 1. The van der Waals surface area contributed by atoms with Crippen LogP contribution in [0.5, 0.6) is 0 Å². The van der Waals surface area contributed by atoms with Gasteiger partial charge in [0.25, 0.3) is 5.91 Å². The number of nitrogens with two attached hydrogens (primary N) is 2. The standard InChI is InChI=1S/C11H13N5O/c1-7-9(11(17)14-13)15-16(10(7)12)8-5-3-2-4-6-8/h2-6H,12-13H2,1H3,(H,14,17). The average molecular weight is 231 g/mol. The summed E-state index contributed by atoms with van der Waals surface area (Å²) in [6.45, 7) is 1.73. The molecule has 0 aliphatic heterocycles. The van der Waals surface area contributed by atoms with E-state index in [1.54, 1.807) is 6.92 Å². The van der Waals surface area contributed by atoms with Gasteiger partial charge >= 0.3 is 0 Å². The smallest absolute Gasteiger partial charge is 0.286 e. The van der Waals surface area contributed by atoms with Crippen molar-refractivity contribution >= 4 is 11.7 Å². The zero-order valence-corrected chi connectivity index (χ0v) is 9.34. The second-order valence-electron chi connectivity index (χ2n) is 3.58. The lowest BCUT2D eigenvalue weighted by Crippen LogP contribution is -2.30. The molecule has 88 valence electrons. The number of nitrogens with zero attached hydrogens (tertiary/aromatic N) is 2. The predicted octanol–water partition coefficient (Wildman–Crippen LogP) is 0.366. The first-order valence-corrected chi connectivity index (χ1v) is 5.06. The van der Waals surface area contributed by atoms with E-state index in [4.69, 9.17) is 11.6 Å². The van der Waals surface area contributed by atoms with Crippen LogP contribution in [0.4, 0.5) is 5.82 Å². The van der Waals surface area contributed by atoms with E-state index < -0.39 is 5.91 Å². The summed E-state index contributed by atoms with van der Waals surface area (Å²) in [6.07, 6.45) is 0. The Hall–Kier alpha value is -2.34. The first kappa shape index (κ1) is 11.2. The number of hydrogen-bond donors (Lipinski definition) is 3. The van der Waals surface area contributed by atoms with Crippen LogP contribution in [-0.4, -0.2) is 15.7 Å². The van der Waals surface area contributed by atoms with E-state index in [2.05, 4.69) is 5.10 Å². The quantitative estimate of drug-likeness (QED) is 0.395. The summed E-state index contributed by atoms with van der Waals surface area (Å²) in [6, 6.07) is 9.34. The van der Waals surface area contributed by atoms with Gasteiger partial charge in [0.05, 0.1) is 5.69 Å². The lowest BCUT2D eigenvalue weighted by Gasteiger charge is -2.02. The first-order chi connectivity index (χ1) is 8.15. The van der Waals surface area contributed by atoms with Gasteiger partial charge in [0.2, 0.25) is 0 Å². The third-order valence-corrected chi connectivity index (χ3v) is 2.51. The molecule has 1 aromatic heterocycles. The average Bonchev–Trinajstić information content (AvgIpc) is 2.67. The van der Waals surface area contributed by atoms with Crippen molar-refractivity contribution in [2.24, 2.45) is 5.84 Å². The summed E-state index contributed by atoms with van der Waals surface area (Å²) < 4.78 is 1.51. The lowest BCUT2D eigenvalue weighted by molar-refractivity contribution is 0.0947. The molecule has 0 saturated carbocycles. The zero-order valence-electron chi connectivity index (χ0n) is 9.34. The Morgan fingerprint density at radius 2 is 2.00 bits per heavy atom. The van der Waals surface area contributed by atoms with E-state index in [1.165, 1.54) is 4.68 Å². The fraction of sp³-hybridized carbons (Fsp3) is 0.0909. The van der Waals surface area contributed by atoms with Crippen molar-refractivity contribution in [1.82, 2.24) is 15.2 Å². The molecule has 6 nitrogen and oxygen atoms in total. The van der Waals surface area contributed by atoms with Crippen LogP contribution in [0.3, 0.4) is 0 Å². The van der Waals surface area contributed by atoms with Crippen LogP contribution in [0.25, 0.3) is 5.69 Å². The summed E-state index contributed by atoms with van der Waals surface area (Å²) in [5.74, 6) is 5.05. The van der Waals surface area contributed by atoms with Crippen molar-refractivity contribution in [2.75, 3.05) is 5.73 Å². The van der Waals surface area contributed by atoms with Crippen LogP contribution in [-0.2, 0) is 0 Å². The zero-order chi connectivity index (χ0) is 12.4. The number of hydrogen-bond acceptors (Lipinski definition) is 4. The molecule has 0 fully saturated rings. The van der Waals surface area contributed by atoms with Gasteiger partial charge in [-0.05, 0) is 19.1 Å². The van der Waals surface area contributed by atoms with E-state index in [-0.39, 0.29) is 5.69 Å². The summed E-state index contributed by atoms with van der Waals surface area (Å²) in [7, 11) is 0. The molecule has 0 atom stereocenters. The minimum Gasteiger partial charge on any atom is -0.383 e. The highest BCUT2D eigenvalue weighted by molar-refractivity contribution is 5.94. The van der Waals surface area contributed by atoms with E-state index >= 15 is 0 Å². The van der Waals surface area contributed by atoms with Crippen molar-refractivity contribution in [3.63, 3.8) is 0 Å². The Bertz CT molecular complexity index is 546. The molecule has 0 unspecified atom stereocenters. The second-order valence-corrected chi connectivity index (χ2v) is 3.58. The molecule has 0 spiro atoms. The minimum atomic E-state index is -0.455. The molecule has 0 saturated heterocycles. The first-order valence-electron chi connectivity index (χ1n) is 5.06. The summed E-state index contributed by atoms with van der Waals surface area (Å²) >= 11 is 0. The number of carbonyl (C=O) groups is 1. The van der Waals surface area contributed by atoms with Gasteiger partial charge in [-0.1, -0.05) is 18.2 Å². The third-order valence-electron chi connectivity index (χ3n) is 2.51. The summed E-state index contributed by atoms with van der Waals surface area (Å²) in [4.78, 5) is 11.5. The molecular formula is C11H13N5O. The molecule has 1 heterocycles. The number of aromatic nitrogens is 2. The number of carbonyl (C=O) groups excluding carboxylic acids is 1. The fourth-order valence-corrected chi connectivity index (χ4v) is 1.56. The molecular weight excluding hydrogens is 218 g/mol. The highest BCUT2D eigenvalue weighted by atomic mass is 16.2. The second kappa shape index (κ2) is 4.26. The van der Waals surface area contributed by atoms with Crippen LogP contribution in [0.15, 0.2) is 30.3 Å². The maximum absolute atomic E-state index is 11.5. The Morgan fingerprint density at radius 1 is 1.35 bits per heavy atom. The molecule has 0 aliphatic carbocycles. The largest absolute Gasteiger partial charge is 0.383 e. The SMILES string of the molecule is Cc1c(C(=O)NN)nn(-c2ccccc2)c1N. The van der Waals surface area contributed by atoms with Gasteiger partial charge in [0, 0.05) is 5.56 Å². The van der Waals surface area contributed by atoms with Crippen LogP contribution in [0.2, 0.25) is 0 Å². The summed E-state index contributed by atoms with van der Waals surface area (Å²) in [5.41, 5.74) is 9.59. The molecule has 1 amide bonds. The lowest BCUT2D eigenvalue weighted by atomic mass is 10.2. The number of hydrazine groups is 1. The van der Waals surface area contributed by atoms with E-state index in [1.807, 2.05) is 35.8 Å². The number of anilines is 1. The molecule has 0 radical (unpaired) electrons. The molecule has 1 aromatic carbocycles. The van der Waals surface area contributed by atoms with Gasteiger partial charge in [0.1, 0.15) is 5.82 Å². The number of para-hydroxylation sites is 1. The van der Waals surface area contributed by atoms with Crippen LogP contribution in [0, 0.1) is 6.92 Å². The number of nitrogen functional groups attached to an aromatic ring is 2. The number of benzene rings is 1. The Labute approximate surface area is 98.2 Å². The highest BCUT2D eigenvalue weighted by Crippen LogP contribution is 2.19. The number of rotatable bonds is 2. The Balaban J connectivity index is 2.54. The van der Waals surface area contributed by atoms with E-state index in [0.29, 0.717) is 11.4 Å². The Kier molecular flexibility index (Phi) is 2.80. The van der Waals surface area contributed by atoms with Crippen LogP contribution in [0.1, 0.15) is 16.1 Å². The maximum atomic E-state index is 11.5. The monoisotopic (exact) mass is 231 g/mol. The predicted molar refractivity (Wildman–Crippen MR) is 64.4 cm³/mol. The fourth-order valence-electron chi connectivity index (χ4n) is 1.56. The molecule has 6 heteroatoms. The topological polar surface area (TPSA) is 99.0 Å². The van der Waals surface area contributed by atoms with E-state index in [0.717, 1.165) is 5.69 Å². The molecule has 0 bridgehead atoms. The number of amides is 1. The third kappa shape index (κ3) is 1.85.